The second kappa shape index (κ2) is 17.1. The van der Waals surface area contributed by atoms with Gasteiger partial charge < -0.3 is 15.6 Å². The van der Waals surface area contributed by atoms with E-state index in [4.69, 9.17) is 27.2 Å². The molecule has 1 saturated heterocycles. The lowest BCUT2D eigenvalue weighted by Gasteiger charge is -2.39. The Kier molecular flexibility index (Phi) is 13.3. The molecule has 0 aliphatic carbocycles. The molecular weight excluding hydrogens is 580 g/mol. The maximum Gasteiger partial charge on any atom is 0.338 e. The van der Waals surface area contributed by atoms with E-state index in [0.717, 1.165) is 43.8 Å². The smallest absolute Gasteiger partial charge is 0.338 e. The Balaban J connectivity index is 0.00000529. The van der Waals surface area contributed by atoms with Crippen molar-refractivity contribution in [3.8, 4) is 17.6 Å². The summed E-state index contributed by atoms with van der Waals surface area (Å²) in [5, 5.41) is 19.6. The van der Waals surface area contributed by atoms with Gasteiger partial charge in [-0.05, 0) is 47.5 Å². The first-order valence-electron chi connectivity index (χ1n) is 14.0. The van der Waals surface area contributed by atoms with Crippen molar-refractivity contribution in [2.24, 2.45) is 5.73 Å². The quantitative estimate of drug-likeness (QED) is 0.114. The van der Waals surface area contributed by atoms with Crippen molar-refractivity contribution < 1.29 is 24.6 Å². The zero-order valence-electron chi connectivity index (χ0n) is 23.7. The van der Waals surface area contributed by atoms with Crippen LogP contribution in [-0.2, 0) is 4.79 Å². The number of hydrogen-bond donors (Lipinski definition) is 3. The topological polar surface area (TPSA) is 120 Å². The van der Waals surface area contributed by atoms with Gasteiger partial charge >= 0.3 is 12.0 Å². The molecule has 3 aromatic carbocycles. The zero-order valence-corrected chi connectivity index (χ0v) is 24.5. The van der Waals surface area contributed by atoms with Gasteiger partial charge in [0.25, 0.3) is 0 Å². The fourth-order valence-electron chi connectivity index (χ4n) is 4.91. The lowest BCUT2D eigenvalue weighted by Crippen LogP contribution is -2.48. The Hall–Kier alpha value is -4.33. The molecule has 9 nitrogen and oxygen atoms in total. The van der Waals surface area contributed by atoms with E-state index < -0.39 is 12.0 Å². The molecule has 1 atom stereocenters. The molecule has 1 fully saturated rings. The Bertz CT molecular complexity index is 1460. The number of carbonyl (C=O) groups is 2. The normalized spacial score (nSPS) is 14.2. The average molecular weight is 619 g/mol. The summed E-state index contributed by atoms with van der Waals surface area (Å²) in [6.45, 7) is 4.73. The molecule has 1 aliphatic rings. The highest BCUT2D eigenvalue weighted by Crippen LogP contribution is 2.30. The van der Waals surface area contributed by atoms with E-state index in [-0.39, 0.29) is 26.4 Å². The number of carbonyl (C=O) groups excluding carboxylic acids is 1. The highest BCUT2D eigenvalue weighted by atomic mass is 35.5. The first-order chi connectivity index (χ1) is 20.8. The van der Waals surface area contributed by atoms with E-state index in [0.29, 0.717) is 28.5 Å². The van der Waals surface area contributed by atoms with Crippen molar-refractivity contribution >= 4 is 29.7 Å². The number of nitrogens with zero attached hydrogens (tertiary/aromatic N) is 3. The third-order valence-corrected chi connectivity index (χ3v) is 7.34. The number of carboxylic acid groups (broad SMARTS) is 1. The van der Waals surface area contributed by atoms with Gasteiger partial charge in [0.15, 0.2) is 0 Å². The number of halogens is 1. The van der Waals surface area contributed by atoms with E-state index >= 15 is 0 Å². The summed E-state index contributed by atoms with van der Waals surface area (Å²) in [6, 6.07) is 23.1. The minimum atomic E-state index is -1.07. The predicted molar refractivity (Wildman–Crippen MR) is 173 cm³/mol. The summed E-state index contributed by atoms with van der Waals surface area (Å²) in [4.78, 5) is 26.9. The van der Waals surface area contributed by atoms with Crippen LogP contribution in [0.1, 0.15) is 42.1 Å². The van der Waals surface area contributed by atoms with Gasteiger partial charge in [-0.15, -0.1) is 0 Å². The summed E-state index contributed by atoms with van der Waals surface area (Å²) in [6.07, 6.45) is 2.75. The molecule has 2 amide bonds. The summed E-state index contributed by atoms with van der Waals surface area (Å²) in [5.41, 5.74) is 8.68. The molecule has 1 heterocycles. The maximum atomic E-state index is 11.2. The Labute approximate surface area is 264 Å². The average Bonchev–Trinajstić information content (AvgIpc) is 3.01. The number of rotatable bonds is 11. The molecular formula is C34H39ClN4O5. The molecule has 3 aromatic rings. The minimum Gasteiger partial charge on any atom is -0.492 e. The number of hydroxylamine groups is 2. The molecule has 44 heavy (non-hydrogen) atoms. The molecule has 0 aromatic heterocycles. The van der Waals surface area contributed by atoms with Gasteiger partial charge in [-0.3, -0.25) is 15.0 Å². The Morgan fingerprint density at radius 1 is 1.02 bits per heavy atom. The monoisotopic (exact) mass is 618 g/mol. The molecule has 4 rings (SSSR count). The van der Waals surface area contributed by atoms with Crippen molar-refractivity contribution in [1.29, 1.82) is 0 Å². The van der Waals surface area contributed by atoms with Gasteiger partial charge in [0.2, 0.25) is 0 Å². The number of primary amides is 1. The molecule has 10 heteroatoms. The van der Waals surface area contributed by atoms with Crippen LogP contribution in [0.15, 0.2) is 78.9 Å². The molecule has 0 saturated carbocycles. The molecule has 1 aliphatic heterocycles. The SMILES string of the molecule is C.NC(=O)N(O)CCC#Cc1ccc(OCCN2CCN([C@H](c3ccccc3)c3ccc(Cl)cc3)CC2)c(/C=C/C(=O)O)c1. The van der Waals surface area contributed by atoms with Crippen LogP contribution in [0, 0.1) is 11.8 Å². The third-order valence-electron chi connectivity index (χ3n) is 7.09. The van der Waals surface area contributed by atoms with Crippen LogP contribution < -0.4 is 10.5 Å². The zero-order chi connectivity index (χ0) is 30.6. The Morgan fingerprint density at radius 3 is 2.36 bits per heavy atom. The maximum absolute atomic E-state index is 11.2. The third kappa shape index (κ3) is 10.1. The number of nitrogens with two attached hydrogens (primary N) is 1. The fourth-order valence-corrected chi connectivity index (χ4v) is 5.04. The van der Waals surface area contributed by atoms with Gasteiger partial charge in [-0.2, -0.15) is 0 Å². The lowest BCUT2D eigenvalue weighted by atomic mass is 9.96. The predicted octanol–water partition coefficient (Wildman–Crippen LogP) is 5.37. The number of hydrogen-bond acceptors (Lipinski definition) is 6. The van der Waals surface area contributed by atoms with Crippen LogP contribution in [0.4, 0.5) is 4.79 Å². The van der Waals surface area contributed by atoms with Crippen molar-refractivity contribution in [3.63, 3.8) is 0 Å². The van der Waals surface area contributed by atoms with Crippen molar-refractivity contribution in [2.75, 3.05) is 45.9 Å². The van der Waals surface area contributed by atoms with Gasteiger partial charge in [0.05, 0.1) is 12.6 Å². The molecule has 0 unspecified atom stereocenters. The second-order valence-electron chi connectivity index (χ2n) is 10.0. The fraction of sp³-hybridized carbons (Fsp3) is 0.294. The summed E-state index contributed by atoms with van der Waals surface area (Å²) in [7, 11) is 0. The highest BCUT2D eigenvalue weighted by molar-refractivity contribution is 6.30. The minimum absolute atomic E-state index is 0. The number of benzene rings is 3. The van der Waals surface area contributed by atoms with Crippen molar-refractivity contribution in [2.45, 2.75) is 19.9 Å². The van der Waals surface area contributed by atoms with Gasteiger partial charge in [0.1, 0.15) is 12.4 Å². The summed E-state index contributed by atoms with van der Waals surface area (Å²) < 4.78 is 6.08. The van der Waals surface area contributed by atoms with Crippen LogP contribution in [0.5, 0.6) is 5.75 Å². The van der Waals surface area contributed by atoms with Crippen LogP contribution in [0.2, 0.25) is 5.02 Å². The van der Waals surface area contributed by atoms with E-state index in [9.17, 15) is 14.8 Å². The number of urea groups is 1. The van der Waals surface area contributed by atoms with Crippen LogP contribution in [-0.4, -0.2) is 83.1 Å². The lowest BCUT2D eigenvalue weighted by molar-refractivity contribution is -0.131. The van der Waals surface area contributed by atoms with Crippen molar-refractivity contribution in [3.05, 3.63) is 106 Å². The van der Waals surface area contributed by atoms with E-state index in [2.05, 4.69) is 58.0 Å². The standard InChI is InChI=1S/C33H35ClN4O5.CH4/c34-29-13-10-27(11-14-29)32(26-7-2-1-3-8-26)37-20-18-36(19-21-37)22-23-43-30-15-9-25(24-28(30)12-16-31(39)40)6-4-5-17-38(42)33(35)41;/h1-3,7-16,24,32,42H,5,17-23H2,(H2,35,41)(H,39,40);1H4/b16-12+;/t32-;/m1./s1. The van der Waals surface area contributed by atoms with Crippen LogP contribution in [0.25, 0.3) is 6.08 Å². The summed E-state index contributed by atoms with van der Waals surface area (Å²) in [5.74, 6) is 5.30. The summed E-state index contributed by atoms with van der Waals surface area (Å²) >= 11 is 6.16. The molecule has 4 N–H and O–H groups in total. The van der Waals surface area contributed by atoms with E-state index in [1.165, 1.54) is 17.2 Å². The van der Waals surface area contributed by atoms with Gasteiger partial charge in [-0.1, -0.05) is 73.3 Å². The first kappa shape index (κ1) is 34.2. The number of amides is 2. The van der Waals surface area contributed by atoms with Gasteiger partial charge in [0, 0.05) is 61.4 Å². The second-order valence-corrected chi connectivity index (χ2v) is 10.5. The molecule has 0 bridgehead atoms. The first-order valence-corrected chi connectivity index (χ1v) is 14.4. The highest BCUT2D eigenvalue weighted by Gasteiger charge is 2.26. The number of aliphatic carboxylic acids is 1. The number of ether oxygens (including phenoxy) is 1. The van der Waals surface area contributed by atoms with Crippen molar-refractivity contribution in [1.82, 2.24) is 14.9 Å². The largest absolute Gasteiger partial charge is 0.492 e. The van der Waals surface area contributed by atoms with E-state index in [1.807, 2.05) is 18.2 Å². The van der Waals surface area contributed by atoms with Crippen LogP contribution >= 0.6 is 11.6 Å². The molecule has 0 radical (unpaired) electrons. The molecule has 0 spiro atoms. The van der Waals surface area contributed by atoms with Gasteiger partial charge in [-0.25, -0.2) is 14.7 Å². The van der Waals surface area contributed by atoms with E-state index in [1.54, 1.807) is 18.2 Å². The van der Waals surface area contributed by atoms with Crippen LogP contribution in [0.3, 0.4) is 0 Å². The Morgan fingerprint density at radius 2 is 1.70 bits per heavy atom. The number of carboxylic acids is 1. The molecule has 232 valence electrons. The number of piperazine rings is 1.